The van der Waals surface area contributed by atoms with E-state index >= 15 is 0 Å². The van der Waals surface area contributed by atoms with Gasteiger partial charge in [-0.3, -0.25) is 4.68 Å². The summed E-state index contributed by atoms with van der Waals surface area (Å²) in [7, 11) is 1.51. The lowest BCUT2D eigenvalue weighted by molar-refractivity contribution is 0.0689. The third-order valence-electron chi connectivity index (χ3n) is 2.61. The number of carbonyl (C=O) groups is 1. The molecule has 0 aliphatic carbocycles. The third-order valence-corrected chi connectivity index (χ3v) is 2.61. The minimum Gasteiger partial charge on any atom is -0.508 e. The maximum absolute atomic E-state index is 14.0. The second-order valence-corrected chi connectivity index (χ2v) is 3.97. The Morgan fingerprint density at radius 1 is 1.39 bits per heavy atom. The first-order valence-electron chi connectivity index (χ1n) is 5.17. The van der Waals surface area contributed by atoms with Gasteiger partial charge in [-0.25, -0.2) is 9.18 Å². The molecule has 5 nitrogen and oxygen atoms in total. The molecule has 0 aliphatic heterocycles. The molecule has 6 heteroatoms. The number of halogens is 1. The van der Waals surface area contributed by atoms with Crippen molar-refractivity contribution in [2.45, 2.75) is 6.92 Å². The highest BCUT2D eigenvalue weighted by atomic mass is 19.1. The number of rotatable bonds is 2. The number of aryl methyl sites for hydroxylation is 2. The Morgan fingerprint density at radius 3 is 2.61 bits per heavy atom. The van der Waals surface area contributed by atoms with E-state index in [0.29, 0.717) is 5.69 Å². The van der Waals surface area contributed by atoms with E-state index in [2.05, 4.69) is 5.10 Å². The van der Waals surface area contributed by atoms with Crippen LogP contribution in [0.5, 0.6) is 5.75 Å². The van der Waals surface area contributed by atoms with Crippen molar-refractivity contribution in [1.29, 1.82) is 0 Å². The number of carboxylic acids is 1. The van der Waals surface area contributed by atoms with Crippen molar-refractivity contribution in [2.24, 2.45) is 7.05 Å². The molecular formula is C12H11FN2O3. The van der Waals surface area contributed by atoms with Gasteiger partial charge < -0.3 is 10.2 Å². The van der Waals surface area contributed by atoms with E-state index in [1.807, 2.05) is 0 Å². The van der Waals surface area contributed by atoms with E-state index in [4.69, 9.17) is 5.11 Å². The van der Waals surface area contributed by atoms with Crippen molar-refractivity contribution in [3.63, 3.8) is 0 Å². The number of aromatic hydroxyl groups is 1. The second-order valence-electron chi connectivity index (χ2n) is 3.97. The van der Waals surface area contributed by atoms with Gasteiger partial charge in [0.05, 0.1) is 5.69 Å². The molecule has 2 aromatic rings. The number of aromatic nitrogens is 2. The van der Waals surface area contributed by atoms with Crippen LogP contribution in [0, 0.1) is 12.7 Å². The van der Waals surface area contributed by atoms with Crippen LogP contribution in [0.2, 0.25) is 0 Å². The summed E-state index contributed by atoms with van der Waals surface area (Å²) in [5, 5.41) is 22.1. The zero-order chi connectivity index (χ0) is 13.4. The van der Waals surface area contributed by atoms with Gasteiger partial charge in [0.2, 0.25) is 0 Å². The number of carboxylic acid groups (broad SMARTS) is 1. The lowest BCUT2D eigenvalue weighted by atomic mass is 10.1. The Kier molecular flexibility index (Phi) is 2.78. The SMILES string of the molecule is Cc1cc(O)cc(-c2cc(C(=O)O)nn2C)c1F. The van der Waals surface area contributed by atoms with Crippen LogP contribution >= 0.6 is 0 Å². The average molecular weight is 250 g/mol. The quantitative estimate of drug-likeness (QED) is 0.854. The molecule has 94 valence electrons. The zero-order valence-electron chi connectivity index (χ0n) is 9.81. The number of benzene rings is 1. The molecule has 0 spiro atoms. The minimum atomic E-state index is -1.19. The summed E-state index contributed by atoms with van der Waals surface area (Å²) in [6.45, 7) is 1.52. The van der Waals surface area contributed by atoms with Gasteiger partial charge in [0.1, 0.15) is 11.6 Å². The van der Waals surface area contributed by atoms with Crippen molar-refractivity contribution in [1.82, 2.24) is 9.78 Å². The summed E-state index contributed by atoms with van der Waals surface area (Å²) in [6, 6.07) is 3.80. The first-order valence-corrected chi connectivity index (χ1v) is 5.17. The highest BCUT2D eigenvalue weighted by molar-refractivity contribution is 5.87. The maximum Gasteiger partial charge on any atom is 0.356 e. The fourth-order valence-electron chi connectivity index (χ4n) is 1.76. The highest BCUT2D eigenvalue weighted by Crippen LogP contribution is 2.29. The Morgan fingerprint density at radius 2 is 2.06 bits per heavy atom. The van der Waals surface area contributed by atoms with E-state index in [1.54, 1.807) is 0 Å². The number of hydrogen-bond donors (Lipinski definition) is 2. The van der Waals surface area contributed by atoms with Crippen molar-refractivity contribution in [3.05, 3.63) is 35.3 Å². The summed E-state index contributed by atoms with van der Waals surface area (Å²) < 4.78 is 15.2. The van der Waals surface area contributed by atoms with Crippen molar-refractivity contribution in [3.8, 4) is 17.0 Å². The predicted octanol–water partition coefficient (Wildman–Crippen LogP) is 1.94. The second kappa shape index (κ2) is 4.14. The van der Waals surface area contributed by atoms with Crippen LogP contribution in [0.25, 0.3) is 11.3 Å². The molecule has 0 saturated carbocycles. The smallest absolute Gasteiger partial charge is 0.356 e. The largest absolute Gasteiger partial charge is 0.508 e. The molecule has 2 N–H and O–H groups in total. The summed E-state index contributed by atoms with van der Waals surface area (Å²) in [4.78, 5) is 10.8. The molecule has 0 aliphatic rings. The van der Waals surface area contributed by atoms with Crippen LogP contribution in [-0.2, 0) is 7.05 Å². The molecule has 1 heterocycles. The molecule has 18 heavy (non-hydrogen) atoms. The van der Waals surface area contributed by atoms with E-state index in [0.717, 1.165) is 0 Å². The molecule has 1 aromatic carbocycles. The Labute approximate surface area is 102 Å². The van der Waals surface area contributed by atoms with Gasteiger partial charge in [-0.15, -0.1) is 0 Å². The summed E-state index contributed by atoms with van der Waals surface area (Å²) in [6.07, 6.45) is 0. The van der Waals surface area contributed by atoms with Crippen molar-refractivity contribution >= 4 is 5.97 Å². The average Bonchev–Trinajstić information content (AvgIpc) is 2.66. The fourth-order valence-corrected chi connectivity index (χ4v) is 1.76. The molecular weight excluding hydrogens is 239 g/mol. The summed E-state index contributed by atoms with van der Waals surface area (Å²) in [5.41, 5.74) is 0.523. The Hall–Kier alpha value is -2.37. The lowest BCUT2D eigenvalue weighted by Gasteiger charge is -2.06. The number of nitrogens with zero attached hydrogens (tertiary/aromatic N) is 2. The van der Waals surface area contributed by atoms with Crippen LogP contribution in [-0.4, -0.2) is 26.0 Å². The minimum absolute atomic E-state index is 0.0815. The predicted molar refractivity (Wildman–Crippen MR) is 62.0 cm³/mol. The van der Waals surface area contributed by atoms with Crippen LogP contribution in [0.3, 0.4) is 0 Å². The number of aromatic carboxylic acids is 1. The van der Waals surface area contributed by atoms with Gasteiger partial charge in [0, 0.05) is 12.6 Å². The molecule has 0 saturated heterocycles. The Bertz CT molecular complexity index is 634. The standard InChI is InChI=1S/C12H11FN2O3/c1-6-3-7(16)4-8(11(6)13)10-5-9(12(17)18)14-15(10)2/h3-5,16H,1-2H3,(H,17,18). The van der Waals surface area contributed by atoms with Gasteiger partial charge in [-0.05, 0) is 30.7 Å². The van der Waals surface area contributed by atoms with Gasteiger partial charge in [-0.1, -0.05) is 0 Å². The number of phenols is 1. The first kappa shape index (κ1) is 12.1. The van der Waals surface area contributed by atoms with Gasteiger partial charge in [0.25, 0.3) is 0 Å². The van der Waals surface area contributed by atoms with Crippen molar-refractivity contribution < 1.29 is 19.4 Å². The van der Waals surface area contributed by atoms with Crippen molar-refractivity contribution in [2.75, 3.05) is 0 Å². The number of phenolic OH excluding ortho intramolecular Hbond substituents is 1. The van der Waals surface area contributed by atoms with E-state index < -0.39 is 11.8 Å². The Balaban J connectivity index is 2.65. The van der Waals surface area contributed by atoms with Gasteiger partial charge in [0.15, 0.2) is 5.69 Å². The molecule has 0 bridgehead atoms. The normalized spacial score (nSPS) is 10.6. The number of hydrogen-bond acceptors (Lipinski definition) is 3. The monoisotopic (exact) mass is 250 g/mol. The third kappa shape index (κ3) is 1.92. The topological polar surface area (TPSA) is 75.3 Å². The van der Waals surface area contributed by atoms with E-state index in [-0.39, 0.29) is 22.6 Å². The molecule has 0 amide bonds. The van der Waals surface area contributed by atoms with Gasteiger partial charge in [-0.2, -0.15) is 5.10 Å². The fraction of sp³-hybridized carbons (Fsp3) is 0.167. The maximum atomic E-state index is 14.0. The summed E-state index contributed by atoms with van der Waals surface area (Å²) >= 11 is 0. The summed E-state index contributed by atoms with van der Waals surface area (Å²) in [5.74, 6) is -1.77. The van der Waals surface area contributed by atoms with E-state index in [1.165, 1.54) is 36.9 Å². The highest BCUT2D eigenvalue weighted by Gasteiger charge is 2.17. The first-order chi connectivity index (χ1) is 8.40. The molecule has 0 atom stereocenters. The van der Waals surface area contributed by atoms with Crippen LogP contribution < -0.4 is 0 Å². The van der Waals surface area contributed by atoms with E-state index in [9.17, 15) is 14.3 Å². The molecule has 0 unspecified atom stereocenters. The molecule has 2 rings (SSSR count). The van der Waals surface area contributed by atoms with Crippen LogP contribution in [0.4, 0.5) is 4.39 Å². The lowest BCUT2D eigenvalue weighted by Crippen LogP contribution is -2.00. The van der Waals surface area contributed by atoms with Crippen LogP contribution in [0.15, 0.2) is 18.2 Å². The molecule has 0 fully saturated rings. The molecule has 0 radical (unpaired) electrons. The zero-order valence-corrected chi connectivity index (χ0v) is 9.81. The van der Waals surface area contributed by atoms with Crippen LogP contribution in [0.1, 0.15) is 16.1 Å². The molecule has 1 aromatic heterocycles. The van der Waals surface area contributed by atoms with Gasteiger partial charge >= 0.3 is 5.97 Å².